The molecule has 2 aromatic carbocycles. The lowest BCUT2D eigenvalue weighted by Gasteiger charge is -2.38. The van der Waals surface area contributed by atoms with Crippen LogP contribution < -0.4 is 10.1 Å². The summed E-state index contributed by atoms with van der Waals surface area (Å²) in [5.41, 5.74) is 3.64. The zero-order valence-corrected chi connectivity index (χ0v) is 21.7. The van der Waals surface area contributed by atoms with Gasteiger partial charge in [0.1, 0.15) is 23.9 Å². The van der Waals surface area contributed by atoms with Crippen LogP contribution in [0.3, 0.4) is 0 Å². The van der Waals surface area contributed by atoms with Crippen molar-refractivity contribution in [1.82, 2.24) is 15.2 Å². The van der Waals surface area contributed by atoms with Gasteiger partial charge in [0.2, 0.25) is 5.91 Å². The summed E-state index contributed by atoms with van der Waals surface area (Å²) >= 11 is 0. The van der Waals surface area contributed by atoms with E-state index in [0.29, 0.717) is 43.9 Å². The van der Waals surface area contributed by atoms with Gasteiger partial charge in [-0.05, 0) is 71.6 Å². The average molecular weight is 528 g/mol. The van der Waals surface area contributed by atoms with Gasteiger partial charge in [0.25, 0.3) is 5.91 Å². The number of ether oxygens (including phenoxy) is 1. The van der Waals surface area contributed by atoms with Crippen molar-refractivity contribution in [2.75, 3.05) is 13.1 Å². The van der Waals surface area contributed by atoms with E-state index in [1.807, 2.05) is 54.3 Å². The molecule has 2 aromatic heterocycles. The van der Waals surface area contributed by atoms with Crippen LogP contribution in [0.5, 0.6) is 5.75 Å². The molecule has 1 atom stereocenters. The number of benzene rings is 2. The third-order valence-electron chi connectivity index (χ3n) is 6.79. The maximum atomic E-state index is 14.1. The Kier molecular flexibility index (Phi) is 8.01. The topological polar surface area (TPSA) is 84.7 Å². The van der Waals surface area contributed by atoms with Gasteiger partial charge in [0.15, 0.2) is 5.76 Å². The molecule has 7 nitrogen and oxygen atoms in total. The lowest BCUT2D eigenvalue weighted by atomic mass is 9.87. The molecule has 0 saturated carbocycles. The summed E-state index contributed by atoms with van der Waals surface area (Å²) in [5.74, 6) is 0.684. The van der Waals surface area contributed by atoms with Gasteiger partial charge in [-0.2, -0.15) is 0 Å². The Morgan fingerprint density at radius 1 is 1.10 bits per heavy atom. The predicted octanol–water partition coefficient (Wildman–Crippen LogP) is 5.25. The molecule has 200 valence electrons. The van der Waals surface area contributed by atoms with Crippen molar-refractivity contribution < 1.29 is 23.1 Å². The number of amides is 2. The highest BCUT2D eigenvalue weighted by atomic mass is 19.1. The van der Waals surface area contributed by atoms with Gasteiger partial charge in [-0.3, -0.25) is 14.6 Å². The van der Waals surface area contributed by atoms with Gasteiger partial charge in [-0.1, -0.05) is 31.2 Å². The van der Waals surface area contributed by atoms with E-state index in [1.54, 1.807) is 24.4 Å². The summed E-state index contributed by atoms with van der Waals surface area (Å²) in [7, 11) is 0. The number of fused-ring (bicyclic) bond motifs is 1. The molecule has 1 aliphatic heterocycles. The molecule has 3 heterocycles. The van der Waals surface area contributed by atoms with Crippen molar-refractivity contribution in [2.45, 2.75) is 38.8 Å². The van der Waals surface area contributed by atoms with Crippen molar-refractivity contribution in [3.05, 3.63) is 119 Å². The third-order valence-corrected chi connectivity index (χ3v) is 6.79. The highest BCUT2D eigenvalue weighted by molar-refractivity contribution is 5.91. The summed E-state index contributed by atoms with van der Waals surface area (Å²) in [4.78, 5) is 31.3. The average Bonchev–Trinajstić information content (AvgIpc) is 3.45. The fourth-order valence-corrected chi connectivity index (χ4v) is 4.86. The van der Waals surface area contributed by atoms with Crippen LogP contribution in [-0.4, -0.2) is 34.8 Å². The molecule has 0 saturated heterocycles. The van der Waals surface area contributed by atoms with Gasteiger partial charge >= 0.3 is 0 Å². The Hall–Kier alpha value is -4.46. The van der Waals surface area contributed by atoms with E-state index in [9.17, 15) is 14.0 Å². The number of hydrogen-bond acceptors (Lipinski definition) is 5. The zero-order chi connectivity index (χ0) is 27.2. The van der Waals surface area contributed by atoms with Gasteiger partial charge in [-0.15, -0.1) is 0 Å². The number of furan rings is 1. The Bertz CT molecular complexity index is 1450. The standard InChI is InChI=1S/C31H30FN3O4/c1-2-29(36)35-17-14-21-9-10-25(19-27(21)30(35)22-6-5-7-23(32)18-22)38-20-26-11-12-28(39-26)31(37)34-16-13-24-8-3-4-15-33-24/h3-12,15,18-19,30H,2,13-14,16-17,20H2,1H3,(H,34,37)/t30-/m0/s1. The number of halogens is 1. The predicted molar refractivity (Wildman–Crippen MR) is 144 cm³/mol. The molecule has 2 amide bonds. The summed E-state index contributed by atoms with van der Waals surface area (Å²) in [6, 6.07) is 20.8. The van der Waals surface area contributed by atoms with Crippen LogP contribution in [0.2, 0.25) is 0 Å². The van der Waals surface area contributed by atoms with Crippen molar-refractivity contribution >= 4 is 11.8 Å². The second-order valence-corrected chi connectivity index (χ2v) is 9.39. The first kappa shape index (κ1) is 26.2. The smallest absolute Gasteiger partial charge is 0.287 e. The van der Waals surface area contributed by atoms with Crippen LogP contribution in [0.15, 0.2) is 83.4 Å². The molecule has 5 rings (SSSR count). The van der Waals surface area contributed by atoms with Gasteiger partial charge in [0, 0.05) is 37.8 Å². The lowest BCUT2D eigenvalue weighted by molar-refractivity contribution is -0.132. The summed E-state index contributed by atoms with van der Waals surface area (Å²) in [6.07, 6.45) is 3.43. The molecule has 0 fully saturated rings. The third kappa shape index (κ3) is 6.17. The van der Waals surface area contributed by atoms with Crippen LogP contribution in [0.1, 0.15) is 58.1 Å². The van der Waals surface area contributed by atoms with Gasteiger partial charge < -0.3 is 19.4 Å². The van der Waals surface area contributed by atoms with Crippen LogP contribution in [0.25, 0.3) is 0 Å². The van der Waals surface area contributed by atoms with Crippen molar-refractivity contribution in [2.24, 2.45) is 0 Å². The number of nitrogens with one attached hydrogen (secondary N) is 1. The minimum absolute atomic E-state index is 0.0163. The maximum absolute atomic E-state index is 14.1. The largest absolute Gasteiger partial charge is 0.486 e. The Balaban J connectivity index is 1.26. The van der Waals surface area contributed by atoms with Crippen molar-refractivity contribution in [3.63, 3.8) is 0 Å². The van der Waals surface area contributed by atoms with E-state index in [0.717, 1.165) is 22.4 Å². The Labute approximate surface area is 226 Å². The number of carbonyl (C=O) groups excluding carboxylic acids is 2. The minimum Gasteiger partial charge on any atom is -0.486 e. The lowest BCUT2D eigenvalue weighted by Crippen LogP contribution is -2.40. The SMILES string of the molecule is CCC(=O)N1CCc2ccc(OCc3ccc(C(=O)NCCc4ccccn4)o3)cc2[C@@H]1c1cccc(F)c1. The fraction of sp³-hybridized carbons (Fsp3) is 0.258. The van der Waals surface area contributed by atoms with Crippen LogP contribution >= 0.6 is 0 Å². The van der Waals surface area contributed by atoms with Crippen molar-refractivity contribution in [3.8, 4) is 5.75 Å². The van der Waals surface area contributed by atoms with E-state index in [2.05, 4.69) is 10.3 Å². The van der Waals surface area contributed by atoms with Crippen LogP contribution in [-0.2, 0) is 24.2 Å². The quantitative estimate of drug-likeness (QED) is 0.321. The molecule has 4 aromatic rings. The molecule has 1 N–H and O–H groups in total. The van der Waals surface area contributed by atoms with E-state index < -0.39 is 6.04 Å². The second-order valence-electron chi connectivity index (χ2n) is 9.39. The van der Waals surface area contributed by atoms with Crippen molar-refractivity contribution in [1.29, 1.82) is 0 Å². The monoisotopic (exact) mass is 527 g/mol. The van der Waals surface area contributed by atoms with E-state index in [-0.39, 0.29) is 30.0 Å². The fourth-order valence-electron chi connectivity index (χ4n) is 4.86. The highest BCUT2D eigenvalue weighted by Crippen LogP contribution is 2.38. The molecule has 39 heavy (non-hydrogen) atoms. The first-order chi connectivity index (χ1) is 19.0. The second kappa shape index (κ2) is 11.9. The highest BCUT2D eigenvalue weighted by Gasteiger charge is 2.32. The molecule has 0 aliphatic carbocycles. The molecular formula is C31H30FN3O4. The number of hydrogen-bond donors (Lipinski definition) is 1. The molecule has 8 heteroatoms. The number of pyridine rings is 1. The van der Waals surface area contributed by atoms with E-state index >= 15 is 0 Å². The molecule has 0 radical (unpaired) electrons. The Morgan fingerprint density at radius 3 is 2.79 bits per heavy atom. The van der Waals surface area contributed by atoms with E-state index in [1.165, 1.54) is 12.1 Å². The molecule has 0 spiro atoms. The summed E-state index contributed by atoms with van der Waals surface area (Å²) in [6.45, 7) is 2.97. The summed E-state index contributed by atoms with van der Waals surface area (Å²) < 4.78 is 25.8. The number of carbonyl (C=O) groups is 2. The normalized spacial score (nSPS) is 14.5. The van der Waals surface area contributed by atoms with Crippen LogP contribution in [0.4, 0.5) is 4.39 Å². The number of nitrogens with zero attached hydrogens (tertiary/aromatic N) is 2. The van der Waals surface area contributed by atoms with Crippen LogP contribution in [0, 0.1) is 5.82 Å². The summed E-state index contributed by atoms with van der Waals surface area (Å²) in [5, 5.41) is 2.84. The van der Waals surface area contributed by atoms with E-state index in [4.69, 9.17) is 9.15 Å². The molecule has 0 unspecified atom stereocenters. The molecular weight excluding hydrogens is 497 g/mol. The van der Waals surface area contributed by atoms with Gasteiger partial charge in [0.05, 0.1) is 6.04 Å². The first-order valence-corrected chi connectivity index (χ1v) is 13.1. The zero-order valence-electron chi connectivity index (χ0n) is 21.7. The Morgan fingerprint density at radius 2 is 2.00 bits per heavy atom. The first-order valence-electron chi connectivity index (χ1n) is 13.1. The minimum atomic E-state index is -0.398. The molecule has 1 aliphatic rings. The number of rotatable bonds is 9. The molecule has 0 bridgehead atoms. The maximum Gasteiger partial charge on any atom is 0.287 e. The van der Waals surface area contributed by atoms with Gasteiger partial charge in [-0.25, -0.2) is 4.39 Å². The number of aromatic nitrogens is 1.